The first kappa shape index (κ1) is 21.0. The third kappa shape index (κ3) is 7.46. The summed E-state index contributed by atoms with van der Waals surface area (Å²) in [7, 11) is 1.39. The Labute approximate surface area is 161 Å². The zero-order valence-electron chi connectivity index (χ0n) is 16.6. The van der Waals surface area contributed by atoms with Gasteiger partial charge in [-0.15, -0.1) is 0 Å². The minimum atomic E-state index is -0.501. The smallest absolute Gasteiger partial charge is 0.410 e. The summed E-state index contributed by atoms with van der Waals surface area (Å²) in [5, 5.41) is 3.36. The van der Waals surface area contributed by atoms with Crippen LogP contribution in [0.4, 0.5) is 4.79 Å². The fraction of sp³-hybridized carbons (Fsp3) is 0.600. The van der Waals surface area contributed by atoms with E-state index in [2.05, 4.69) is 10.1 Å². The Hall–Kier alpha value is -2.28. The molecule has 1 aromatic rings. The Morgan fingerprint density at radius 2 is 2.07 bits per heavy atom. The lowest BCUT2D eigenvalue weighted by Crippen LogP contribution is -2.55. The normalized spacial score (nSPS) is 17.3. The number of esters is 1. The molecule has 0 radical (unpaired) electrons. The molecule has 0 aromatic heterocycles. The number of nitrogens with zero attached hydrogens (tertiary/aromatic N) is 1. The Bertz CT molecular complexity index is 642. The molecule has 1 fully saturated rings. The molecule has 1 heterocycles. The molecule has 7 nitrogen and oxygen atoms in total. The number of amides is 1. The van der Waals surface area contributed by atoms with Crippen molar-refractivity contribution in [2.24, 2.45) is 0 Å². The van der Waals surface area contributed by atoms with E-state index in [0.29, 0.717) is 39.1 Å². The maximum Gasteiger partial charge on any atom is 0.410 e. The van der Waals surface area contributed by atoms with Gasteiger partial charge in [-0.2, -0.15) is 0 Å². The molecule has 0 spiro atoms. The third-order valence-corrected chi connectivity index (χ3v) is 4.10. The van der Waals surface area contributed by atoms with Gasteiger partial charge in [0.2, 0.25) is 0 Å². The highest BCUT2D eigenvalue weighted by Crippen LogP contribution is 2.16. The highest BCUT2D eigenvalue weighted by Gasteiger charge is 2.27. The van der Waals surface area contributed by atoms with Gasteiger partial charge in [0.1, 0.15) is 18.0 Å². The van der Waals surface area contributed by atoms with Crippen LogP contribution in [0.25, 0.3) is 0 Å². The van der Waals surface area contributed by atoms with Crippen molar-refractivity contribution in [1.29, 1.82) is 0 Å². The number of benzene rings is 1. The first-order chi connectivity index (χ1) is 12.8. The number of piperazine rings is 1. The van der Waals surface area contributed by atoms with Gasteiger partial charge in [0.25, 0.3) is 0 Å². The Morgan fingerprint density at radius 1 is 1.30 bits per heavy atom. The molecule has 150 valence electrons. The van der Waals surface area contributed by atoms with Crippen molar-refractivity contribution in [3.8, 4) is 5.75 Å². The number of carbonyl (C=O) groups excluding carboxylic acids is 2. The largest absolute Gasteiger partial charge is 0.492 e. The number of nitrogens with one attached hydrogen (secondary N) is 1. The lowest BCUT2D eigenvalue weighted by Gasteiger charge is -2.34. The Balaban J connectivity index is 1.83. The second-order valence-corrected chi connectivity index (χ2v) is 7.61. The summed E-state index contributed by atoms with van der Waals surface area (Å²) in [6.45, 7) is 7.89. The quantitative estimate of drug-likeness (QED) is 0.766. The molecule has 2 rings (SSSR count). The van der Waals surface area contributed by atoms with Crippen LogP contribution in [0.3, 0.4) is 0 Å². The van der Waals surface area contributed by atoms with Crippen LogP contribution in [0.2, 0.25) is 0 Å². The van der Waals surface area contributed by atoms with Crippen LogP contribution in [0, 0.1) is 0 Å². The van der Waals surface area contributed by atoms with Crippen LogP contribution in [0.1, 0.15) is 32.8 Å². The fourth-order valence-corrected chi connectivity index (χ4v) is 2.77. The molecule has 1 atom stereocenters. The van der Waals surface area contributed by atoms with Gasteiger partial charge < -0.3 is 24.4 Å². The topological polar surface area (TPSA) is 77.1 Å². The number of aryl methyl sites for hydroxylation is 1. The SMILES string of the molecule is COC(=O)CCc1cccc(OCC2CN(C(=O)OC(C)(C)C)CCN2)c1. The first-order valence-electron chi connectivity index (χ1n) is 9.26. The van der Waals surface area contributed by atoms with Crippen molar-refractivity contribution >= 4 is 12.1 Å². The lowest BCUT2D eigenvalue weighted by molar-refractivity contribution is -0.140. The Morgan fingerprint density at radius 3 is 2.78 bits per heavy atom. The summed E-state index contributed by atoms with van der Waals surface area (Å²) < 4.78 is 16.0. The van der Waals surface area contributed by atoms with E-state index in [0.717, 1.165) is 11.3 Å². The lowest BCUT2D eigenvalue weighted by atomic mass is 10.1. The second kappa shape index (κ2) is 9.60. The van der Waals surface area contributed by atoms with Crippen LogP contribution in [-0.2, 0) is 20.7 Å². The van der Waals surface area contributed by atoms with E-state index in [4.69, 9.17) is 9.47 Å². The molecule has 7 heteroatoms. The minimum absolute atomic E-state index is 0.0324. The minimum Gasteiger partial charge on any atom is -0.492 e. The van der Waals surface area contributed by atoms with Crippen LogP contribution < -0.4 is 10.1 Å². The molecule has 1 aliphatic rings. The molecule has 1 saturated heterocycles. The zero-order chi connectivity index (χ0) is 19.9. The summed E-state index contributed by atoms with van der Waals surface area (Å²) in [5.41, 5.74) is 0.517. The standard InChI is InChI=1S/C20H30N2O5/c1-20(2,3)27-19(24)22-11-10-21-16(13-22)14-26-17-7-5-6-15(12-17)8-9-18(23)25-4/h5-7,12,16,21H,8-11,13-14H2,1-4H3. The van der Waals surface area contributed by atoms with Gasteiger partial charge in [-0.05, 0) is 44.9 Å². The molecule has 1 amide bonds. The molecule has 1 N–H and O–H groups in total. The van der Waals surface area contributed by atoms with Gasteiger partial charge in [-0.1, -0.05) is 12.1 Å². The monoisotopic (exact) mass is 378 g/mol. The first-order valence-corrected chi connectivity index (χ1v) is 9.26. The summed E-state index contributed by atoms with van der Waals surface area (Å²) in [6.07, 6.45) is 0.659. The number of rotatable bonds is 6. The highest BCUT2D eigenvalue weighted by molar-refractivity contribution is 5.69. The van der Waals surface area contributed by atoms with Crippen molar-refractivity contribution < 1.29 is 23.8 Å². The maximum atomic E-state index is 12.2. The number of hydrogen-bond donors (Lipinski definition) is 1. The van der Waals surface area contributed by atoms with Crippen LogP contribution >= 0.6 is 0 Å². The van der Waals surface area contributed by atoms with Crippen molar-refractivity contribution in [1.82, 2.24) is 10.2 Å². The summed E-state index contributed by atoms with van der Waals surface area (Å²) >= 11 is 0. The Kier molecular flexibility index (Phi) is 7.47. The fourth-order valence-electron chi connectivity index (χ4n) is 2.77. The van der Waals surface area contributed by atoms with E-state index in [9.17, 15) is 9.59 Å². The van der Waals surface area contributed by atoms with E-state index in [1.54, 1.807) is 4.90 Å². The van der Waals surface area contributed by atoms with Crippen LogP contribution in [0.5, 0.6) is 5.75 Å². The molecule has 1 unspecified atom stereocenters. The van der Waals surface area contributed by atoms with E-state index < -0.39 is 5.60 Å². The van der Waals surface area contributed by atoms with Gasteiger partial charge in [0.05, 0.1) is 13.2 Å². The van der Waals surface area contributed by atoms with Crippen molar-refractivity contribution in [3.63, 3.8) is 0 Å². The molecule has 1 aliphatic heterocycles. The molecule has 0 aliphatic carbocycles. The number of methoxy groups -OCH3 is 1. The number of ether oxygens (including phenoxy) is 3. The van der Waals surface area contributed by atoms with Crippen molar-refractivity contribution in [3.05, 3.63) is 29.8 Å². The molecule has 0 bridgehead atoms. The molecular weight excluding hydrogens is 348 g/mol. The molecule has 0 saturated carbocycles. The van der Waals surface area contributed by atoms with Crippen LogP contribution in [-0.4, -0.2) is 62.0 Å². The average Bonchev–Trinajstić information content (AvgIpc) is 2.63. The predicted octanol–water partition coefficient (Wildman–Crippen LogP) is 2.38. The molecular formula is C20H30N2O5. The zero-order valence-corrected chi connectivity index (χ0v) is 16.6. The maximum absolute atomic E-state index is 12.2. The predicted molar refractivity (Wildman–Crippen MR) is 102 cm³/mol. The summed E-state index contributed by atoms with van der Waals surface area (Å²) in [5.74, 6) is 0.517. The van der Waals surface area contributed by atoms with Gasteiger partial charge >= 0.3 is 12.1 Å². The third-order valence-electron chi connectivity index (χ3n) is 4.10. The van der Waals surface area contributed by atoms with E-state index >= 15 is 0 Å². The van der Waals surface area contributed by atoms with Gasteiger partial charge in [-0.3, -0.25) is 4.79 Å². The van der Waals surface area contributed by atoms with Gasteiger partial charge in [0.15, 0.2) is 0 Å². The second-order valence-electron chi connectivity index (χ2n) is 7.61. The summed E-state index contributed by atoms with van der Waals surface area (Å²) in [4.78, 5) is 25.2. The highest BCUT2D eigenvalue weighted by atomic mass is 16.6. The van der Waals surface area contributed by atoms with E-state index in [1.807, 2.05) is 45.0 Å². The molecule has 27 heavy (non-hydrogen) atoms. The van der Waals surface area contributed by atoms with Crippen LogP contribution in [0.15, 0.2) is 24.3 Å². The average molecular weight is 378 g/mol. The summed E-state index contributed by atoms with van der Waals surface area (Å²) in [6, 6.07) is 7.71. The number of carbonyl (C=O) groups is 2. The van der Waals surface area contributed by atoms with Gasteiger partial charge in [-0.25, -0.2) is 4.79 Å². The van der Waals surface area contributed by atoms with E-state index in [1.165, 1.54) is 7.11 Å². The van der Waals surface area contributed by atoms with Crippen molar-refractivity contribution in [2.75, 3.05) is 33.4 Å². The van der Waals surface area contributed by atoms with E-state index in [-0.39, 0.29) is 18.1 Å². The van der Waals surface area contributed by atoms with Gasteiger partial charge in [0, 0.05) is 26.1 Å². The number of hydrogen-bond acceptors (Lipinski definition) is 6. The molecule has 1 aromatic carbocycles. The van der Waals surface area contributed by atoms with Crippen molar-refractivity contribution in [2.45, 2.75) is 45.3 Å².